The number of alkyl halides is 3. The molecule has 0 aliphatic carbocycles. The van der Waals surface area contributed by atoms with Crippen LogP contribution < -0.4 is 11.1 Å². The Bertz CT molecular complexity index is 378. The number of nitrogens with two attached hydrogens (primary N) is 1. The van der Waals surface area contributed by atoms with Crippen molar-refractivity contribution in [1.82, 2.24) is 0 Å². The van der Waals surface area contributed by atoms with Crippen LogP contribution >= 0.6 is 0 Å². The van der Waals surface area contributed by atoms with Gasteiger partial charge in [-0.3, -0.25) is 0 Å². The summed E-state index contributed by atoms with van der Waals surface area (Å²) >= 11 is 0. The first-order valence-electron chi connectivity index (χ1n) is 4.84. The molecule has 1 aromatic carbocycles. The third-order valence-electron chi connectivity index (χ3n) is 1.88. The predicted octanol–water partition coefficient (Wildman–Crippen LogP) is 3.50. The molecule has 1 rings (SSSR count). The standard InChI is InChI=1S/C11H15F3N2/c1-10(2,3)16-7-4-5-9(15)8(6-7)11(12,13)14/h4-6,16H,15H2,1-3H3. The summed E-state index contributed by atoms with van der Waals surface area (Å²) < 4.78 is 37.7. The number of hydrogen-bond acceptors (Lipinski definition) is 2. The highest BCUT2D eigenvalue weighted by Gasteiger charge is 2.33. The molecule has 0 amide bonds. The fourth-order valence-corrected chi connectivity index (χ4v) is 1.31. The molecule has 0 unspecified atom stereocenters. The summed E-state index contributed by atoms with van der Waals surface area (Å²) in [4.78, 5) is 0. The molecular formula is C11H15F3N2. The van der Waals surface area contributed by atoms with E-state index in [1.54, 1.807) is 0 Å². The average molecular weight is 232 g/mol. The van der Waals surface area contributed by atoms with Crippen LogP contribution in [0.15, 0.2) is 18.2 Å². The van der Waals surface area contributed by atoms with E-state index in [0.717, 1.165) is 6.07 Å². The molecule has 0 atom stereocenters. The Morgan fingerprint density at radius 1 is 1.12 bits per heavy atom. The van der Waals surface area contributed by atoms with Gasteiger partial charge in [0.15, 0.2) is 0 Å². The number of anilines is 2. The van der Waals surface area contributed by atoms with Crippen LogP contribution in [-0.4, -0.2) is 5.54 Å². The van der Waals surface area contributed by atoms with Gasteiger partial charge in [0, 0.05) is 16.9 Å². The third kappa shape index (κ3) is 3.32. The molecule has 0 aromatic heterocycles. The van der Waals surface area contributed by atoms with E-state index in [2.05, 4.69) is 5.32 Å². The molecule has 1 aromatic rings. The van der Waals surface area contributed by atoms with Crippen molar-refractivity contribution in [2.45, 2.75) is 32.5 Å². The highest BCUT2D eigenvalue weighted by Crippen LogP contribution is 2.35. The topological polar surface area (TPSA) is 38.0 Å². The summed E-state index contributed by atoms with van der Waals surface area (Å²) in [6, 6.07) is 3.83. The molecule has 0 heterocycles. The van der Waals surface area contributed by atoms with Crippen molar-refractivity contribution in [1.29, 1.82) is 0 Å². The summed E-state index contributed by atoms with van der Waals surface area (Å²) in [6.45, 7) is 5.61. The lowest BCUT2D eigenvalue weighted by atomic mass is 10.1. The number of hydrogen-bond donors (Lipinski definition) is 2. The lowest BCUT2D eigenvalue weighted by Crippen LogP contribution is -2.26. The van der Waals surface area contributed by atoms with Crippen molar-refractivity contribution in [3.63, 3.8) is 0 Å². The quantitative estimate of drug-likeness (QED) is 0.727. The van der Waals surface area contributed by atoms with Gasteiger partial charge in [-0.1, -0.05) is 0 Å². The number of benzene rings is 1. The van der Waals surface area contributed by atoms with Crippen LogP contribution in [0.2, 0.25) is 0 Å². The molecule has 0 aliphatic rings. The largest absolute Gasteiger partial charge is 0.418 e. The fourth-order valence-electron chi connectivity index (χ4n) is 1.31. The van der Waals surface area contributed by atoms with Crippen molar-refractivity contribution < 1.29 is 13.2 Å². The first-order chi connectivity index (χ1) is 7.09. The molecule has 2 nitrogen and oxygen atoms in total. The van der Waals surface area contributed by atoms with E-state index in [0.29, 0.717) is 5.69 Å². The Morgan fingerprint density at radius 2 is 1.69 bits per heavy atom. The Hall–Kier alpha value is -1.39. The highest BCUT2D eigenvalue weighted by molar-refractivity contribution is 5.59. The number of rotatable bonds is 1. The molecule has 16 heavy (non-hydrogen) atoms. The molecule has 0 spiro atoms. The Kier molecular flexibility index (Phi) is 3.08. The van der Waals surface area contributed by atoms with Crippen molar-refractivity contribution in [3.8, 4) is 0 Å². The minimum absolute atomic E-state index is 0.257. The molecule has 0 aliphatic heterocycles. The van der Waals surface area contributed by atoms with Crippen LogP contribution in [0.5, 0.6) is 0 Å². The minimum Gasteiger partial charge on any atom is -0.398 e. The van der Waals surface area contributed by atoms with Gasteiger partial charge in [-0.2, -0.15) is 13.2 Å². The van der Waals surface area contributed by atoms with E-state index in [9.17, 15) is 13.2 Å². The van der Waals surface area contributed by atoms with E-state index >= 15 is 0 Å². The maximum absolute atomic E-state index is 12.6. The zero-order chi connectivity index (χ0) is 12.6. The molecule has 5 heteroatoms. The highest BCUT2D eigenvalue weighted by atomic mass is 19.4. The average Bonchev–Trinajstić information content (AvgIpc) is 2.04. The molecule has 3 N–H and O–H groups in total. The SMILES string of the molecule is CC(C)(C)Nc1ccc(N)c(C(F)(F)F)c1. The van der Waals surface area contributed by atoms with Crippen molar-refractivity contribution in [2.75, 3.05) is 11.1 Å². The van der Waals surface area contributed by atoms with E-state index in [1.807, 2.05) is 20.8 Å². The van der Waals surface area contributed by atoms with E-state index in [1.165, 1.54) is 12.1 Å². The van der Waals surface area contributed by atoms with Crippen molar-refractivity contribution in [3.05, 3.63) is 23.8 Å². The van der Waals surface area contributed by atoms with Gasteiger partial charge in [0.05, 0.1) is 5.56 Å². The normalized spacial score (nSPS) is 12.6. The number of nitrogens with one attached hydrogen (secondary N) is 1. The van der Waals surface area contributed by atoms with Crippen LogP contribution in [-0.2, 0) is 6.18 Å². The van der Waals surface area contributed by atoms with E-state index in [-0.39, 0.29) is 11.2 Å². The lowest BCUT2D eigenvalue weighted by Gasteiger charge is -2.23. The van der Waals surface area contributed by atoms with Gasteiger partial charge >= 0.3 is 6.18 Å². The molecule has 0 saturated heterocycles. The summed E-state index contributed by atoms with van der Waals surface area (Å²) in [5.41, 5.74) is 4.35. The van der Waals surface area contributed by atoms with Crippen LogP contribution in [0.4, 0.5) is 24.5 Å². The van der Waals surface area contributed by atoms with Crippen LogP contribution in [0.3, 0.4) is 0 Å². The number of nitrogen functional groups attached to an aromatic ring is 1. The Morgan fingerprint density at radius 3 is 2.12 bits per heavy atom. The first kappa shape index (κ1) is 12.7. The lowest BCUT2D eigenvalue weighted by molar-refractivity contribution is -0.136. The maximum atomic E-state index is 12.6. The van der Waals surface area contributed by atoms with Crippen LogP contribution in [0.25, 0.3) is 0 Å². The summed E-state index contributed by atoms with van der Waals surface area (Å²) in [5.74, 6) is 0. The second-order valence-corrected chi connectivity index (χ2v) is 4.67. The maximum Gasteiger partial charge on any atom is 0.418 e. The van der Waals surface area contributed by atoms with E-state index in [4.69, 9.17) is 5.73 Å². The van der Waals surface area contributed by atoms with Gasteiger partial charge < -0.3 is 11.1 Å². The Balaban J connectivity index is 3.09. The molecule has 90 valence electrons. The first-order valence-corrected chi connectivity index (χ1v) is 4.84. The minimum atomic E-state index is -4.42. The summed E-state index contributed by atoms with van der Waals surface area (Å²) in [5, 5.41) is 2.97. The molecule has 0 saturated carbocycles. The van der Waals surface area contributed by atoms with Gasteiger partial charge in [0.1, 0.15) is 0 Å². The van der Waals surface area contributed by atoms with Gasteiger partial charge in [-0.25, -0.2) is 0 Å². The third-order valence-corrected chi connectivity index (χ3v) is 1.88. The molecule has 0 radical (unpaired) electrons. The zero-order valence-electron chi connectivity index (χ0n) is 9.44. The number of halogens is 3. The van der Waals surface area contributed by atoms with Crippen LogP contribution in [0, 0.1) is 0 Å². The van der Waals surface area contributed by atoms with Gasteiger partial charge in [-0.05, 0) is 39.0 Å². The van der Waals surface area contributed by atoms with E-state index < -0.39 is 11.7 Å². The predicted molar refractivity (Wildman–Crippen MR) is 59.2 cm³/mol. The fraction of sp³-hybridized carbons (Fsp3) is 0.455. The summed E-state index contributed by atoms with van der Waals surface area (Å²) in [6.07, 6.45) is -4.42. The molecular weight excluding hydrogens is 217 g/mol. The smallest absolute Gasteiger partial charge is 0.398 e. The summed E-state index contributed by atoms with van der Waals surface area (Å²) in [7, 11) is 0. The van der Waals surface area contributed by atoms with Crippen molar-refractivity contribution >= 4 is 11.4 Å². The monoisotopic (exact) mass is 232 g/mol. The second-order valence-electron chi connectivity index (χ2n) is 4.67. The van der Waals surface area contributed by atoms with Gasteiger partial charge in [-0.15, -0.1) is 0 Å². The second kappa shape index (κ2) is 3.88. The van der Waals surface area contributed by atoms with Crippen molar-refractivity contribution in [2.24, 2.45) is 0 Å². The zero-order valence-corrected chi connectivity index (χ0v) is 9.44. The molecule has 0 bridgehead atoms. The Labute approximate surface area is 92.6 Å². The van der Waals surface area contributed by atoms with Crippen LogP contribution in [0.1, 0.15) is 26.3 Å². The molecule has 0 fully saturated rings. The van der Waals surface area contributed by atoms with Gasteiger partial charge in [0.25, 0.3) is 0 Å². The van der Waals surface area contributed by atoms with Gasteiger partial charge in [0.2, 0.25) is 0 Å².